The topological polar surface area (TPSA) is 47.5 Å². The fourth-order valence-corrected chi connectivity index (χ4v) is 2.57. The van der Waals surface area contributed by atoms with Gasteiger partial charge in [-0.15, -0.1) is 0 Å². The first-order chi connectivity index (χ1) is 6.31. The van der Waals surface area contributed by atoms with E-state index in [-0.39, 0.29) is 0 Å². The van der Waals surface area contributed by atoms with Gasteiger partial charge in [-0.2, -0.15) is 0 Å². The van der Waals surface area contributed by atoms with Crippen LogP contribution in [0.1, 0.15) is 32.1 Å². The van der Waals surface area contributed by atoms with Crippen LogP contribution >= 0.6 is 0 Å². The largest absolute Gasteiger partial charge is 0.362 e. The molecule has 0 aromatic heterocycles. The zero-order valence-corrected chi connectivity index (χ0v) is 7.79. The minimum Gasteiger partial charge on any atom is -0.362 e. The van der Waals surface area contributed by atoms with Gasteiger partial charge >= 0.3 is 0 Å². The summed E-state index contributed by atoms with van der Waals surface area (Å²) in [6, 6.07) is 0. The minimum absolute atomic E-state index is 0.361. The molecule has 0 bridgehead atoms. The lowest BCUT2D eigenvalue weighted by Crippen LogP contribution is -2.56. The molecule has 0 aromatic carbocycles. The Bertz CT molecular complexity index is 219. The van der Waals surface area contributed by atoms with Crippen LogP contribution in [0.25, 0.3) is 0 Å². The number of rotatable bonds is 1. The van der Waals surface area contributed by atoms with Crippen LogP contribution < -0.4 is 10.9 Å². The third kappa shape index (κ3) is 1.13. The van der Waals surface area contributed by atoms with E-state index in [1.807, 2.05) is 0 Å². The highest BCUT2D eigenvalue weighted by molar-refractivity contribution is 4.98. The summed E-state index contributed by atoms with van der Waals surface area (Å²) in [4.78, 5) is 2.20. The van der Waals surface area contributed by atoms with Crippen LogP contribution in [0.5, 0.6) is 0 Å². The van der Waals surface area contributed by atoms with Crippen LogP contribution in [-0.4, -0.2) is 28.6 Å². The van der Waals surface area contributed by atoms with E-state index in [2.05, 4.69) is 15.8 Å². The lowest BCUT2D eigenvalue weighted by molar-refractivity contribution is -0.134. The van der Waals surface area contributed by atoms with E-state index >= 15 is 0 Å². The molecule has 0 amide bonds. The quantitative estimate of drug-likeness (QED) is 0.534. The van der Waals surface area contributed by atoms with Crippen molar-refractivity contribution in [1.29, 1.82) is 0 Å². The average Bonchev–Trinajstić information content (AvgIpc) is 2.95. The van der Waals surface area contributed by atoms with Gasteiger partial charge < -0.3 is 5.11 Å². The number of aliphatic hydroxyl groups is 1. The first-order valence-corrected chi connectivity index (χ1v) is 5.32. The molecule has 1 saturated carbocycles. The van der Waals surface area contributed by atoms with E-state index in [9.17, 15) is 5.11 Å². The van der Waals surface area contributed by atoms with Crippen molar-refractivity contribution >= 4 is 0 Å². The Hall–Kier alpha value is -0.160. The summed E-state index contributed by atoms with van der Waals surface area (Å²) >= 11 is 0. The van der Waals surface area contributed by atoms with Crippen molar-refractivity contribution in [2.24, 2.45) is 5.92 Å². The Balaban J connectivity index is 1.81. The summed E-state index contributed by atoms with van der Waals surface area (Å²) in [5.74, 6) is -0.284. The number of hydrazine groups is 1. The molecule has 2 saturated heterocycles. The molecule has 0 radical (unpaired) electrons. The van der Waals surface area contributed by atoms with Gasteiger partial charge in [-0.25, -0.2) is 15.8 Å². The molecule has 74 valence electrons. The smallest absolute Gasteiger partial charge is 0.191 e. The molecule has 3 fully saturated rings. The van der Waals surface area contributed by atoms with Gasteiger partial charge in [-0.1, -0.05) is 0 Å². The van der Waals surface area contributed by atoms with Crippen LogP contribution in [-0.2, 0) is 0 Å². The fraction of sp³-hybridized carbons (Fsp3) is 1.00. The molecule has 0 spiro atoms. The minimum atomic E-state index is -0.731. The van der Waals surface area contributed by atoms with E-state index in [1.165, 1.54) is 12.8 Å². The summed E-state index contributed by atoms with van der Waals surface area (Å²) in [6.07, 6.45) is 6.33. The second-order valence-corrected chi connectivity index (χ2v) is 4.47. The first-order valence-electron chi connectivity index (χ1n) is 5.32. The molecule has 0 aromatic rings. The highest BCUT2D eigenvalue weighted by atomic mass is 16.3. The lowest BCUT2D eigenvalue weighted by atomic mass is 10.1. The maximum absolute atomic E-state index is 10.4. The lowest BCUT2D eigenvalue weighted by Gasteiger charge is -2.37. The normalized spacial score (nSPS) is 46.4. The van der Waals surface area contributed by atoms with Gasteiger partial charge in [-0.05, 0) is 32.1 Å². The van der Waals surface area contributed by atoms with Crippen LogP contribution in [0.2, 0.25) is 0 Å². The highest BCUT2D eigenvalue weighted by Gasteiger charge is 2.54. The first kappa shape index (κ1) is 8.17. The summed E-state index contributed by atoms with van der Waals surface area (Å²) < 4.78 is 0. The average molecular weight is 183 g/mol. The maximum Gasteiger partial charge on any atom is 0.191 e. The molecule has 1 aliphatic carbocycles. The van der Waals surface area contributed by atoms with Crippen molar-refractivity contribution in [1.82, 2.24) is 15.8 Å². The fourth-order valence-electron chi connectivity index (χ4n) is 2.57. The molecule has 4 heteroatoms. The van der Waals surface area contributed by atoms with Crippen LogP contribution in [0.3, 0.4) is 0 Å². The molecule has 3 N–H and O–H groups in total. The van der Waals surface area contributed by atoms with Gasteiger partial charge in [0.25, 0.3) is 0 Å². The Morgan fingerprint density at radius 2 is 2.08 bits per heavy atom. The number of hydrogen-bond donors (Lipinski definition) is 3. The Morgan fingerprint density at radius 1 is 1.23 bits per heavy atom. The Kier molecular flexibility index (Phi) is 1.68. The molecule has 13 heavy (non-hydrogen) atoms. The van der Waals surface area contributed by atoms with E-state index in [1.54, 1.807) is 0 Å². The zero-order chi connectivity index (χ0) is 8.89. The van der Waals surface area contributed by atoms with Crippen molar-refractivity contribution in [3.05, 3.63) is 0 Å². The number of nitrogens with zero attached hydrogens (tertiary/aromatic N) is 1. The number of piperidine rings is 1. The van der Waals surface area contributed by atoms with Crippen molar-refractivity contribution < 1.29 is 5.11 Å². The van der Waals surface area contributed by atoms with Crippen molar-refractivity contribution in [3.8, 4) is 0 Å². The van der Waals surface area contributed by atoms with Gasteiger partial charge in [0.15, 0.2) is 5.85 Å². The molecule has 2 atom stereocenters. The standard InChI is InChI=1S/C9H17N3O/c13-9(7-4-5-7)11-10-8-3-1-2-6-12(8)9/h7-8,10-11,13H,1-6H2. The van der Waals surface area contributed by atoms with Gasteiger partial charge in [0.05, 0.1) is 6.17 Å². The summed E-state index contributed by atoms with van der Waals surface area (Å²) in [6.45, 7) is 1.03. The van der Waals surface area contributed by atoms with Gasteiger partial charge in [0, 0.05) is 12.5 Å². The predicted octanol–water partition coefficient (Wildman–Crippen LogP) is -0.0377. The van der Waals surface area contributed by atoms with Crippen LogP contribution in [0.15, 0.2) is 0 Å². The SMILES string of the molecule is OC1(C2CC2)NNC2CCCCN21. The van der Waals surface area contributed by atoms with E-state index < -0.39 is 5.85 Å². The second-order valence-electron chi connectivity index (χ2n) is 4.47. The molecular formula is C9H17N3O. The van der Waals surface area contributed by atoms with Crippen molar-refractivity contribution in [3.63, 3.8) is 0 Å². The molecule has 2 unspecified atom stereocenters. The number of fused-ring (bicyclic) bond motifs is 1. The molecule has 2 heterocycles. The third-order valence-electron chi connectivity index (χ3n) is 3.51. The zero-order valence-electron chi connectivity index (χ0n) is 7.79. The molecule has 2 aliphatic heterocycles. The molecule has 3 aliphatic rings. The molecular weight excluding hydrogens is 166 g/mol. The predicted molar refractivity (Wildman–Crippen MR) is 48.3 cm³/mol. The monoisotopic (exact) mass is 183 g/mol. The second kappa shape index (κ2) is 2.67. The van der Waals surface area contributed by atoms with Gasteiger partial charge in [0.1, 0.15) is 0 Å². The Labute approximate surface area is 78.3 Å². The maximum atomic E-state index is 10.4. The van der Waals surface area contributed by atoms with Crippen molar-refractivity contribution in [2.45, 2.75) is 44.1 Å². The molecule has 3 rings (SSSR count). The van der Waals surface area contributed by atoms with E-state index in [0.717, 1.165) is 25.8 Å². The molecule has 4 nitrogen and oxygen atoms in total. The number of hydrogen-bond acceptors (Lipinski definition) is 4. The van der Waals surface area contributed by atoms with Gasteiger partial charge in [-0.3, -0.25) is 0 Å². The third-order valence-corrected chi connectivity index (χ3v) is 3.51. The van der Waals surface area contributed by atoms with E-state index in [0.29, 0.717) is 12.1 Å². The summed E-state index contributed by atoms with van der Waals surface area (Å²) in [5.41, 5.74) is 6.26. The van der Waals surface area contributed by atoms with Crippen LogP contribution in [0, 0.1) is 5.92 Å². The van der Waals surface area contributed by atoms with Crippen LogP contribution in [0.4, 0.5) is 0 Å². The highest BCUT2D eigenvalue weighted by Crippen LogP contribution is 2.43. The summed E-state index contributed by atoms with van der Waals surface area (Å²) in [7, 11) is 0. The Morgan fingerprint density at radius 3 is 2.85 bits per heavy atom. The summed E-state index contributed by atoms with van der Waals surface area (Å²) in [5, 5.41) is 10.4. The van der Waals surface area contributed by atoms with E-state index in [4.69, 9.17) is 0 Å². The number of nitrogens with one attached hydrogen (secondary N) is 2. The van der Waals surface area contributed by atoms with Crippen molar-refractivity contribution in [2.75, 3.05) is 6.54 Å². The van der Waals surface area contributed by atoms with Gasteiger partial charge in [0.2, 0.25) is 0 Å².